The minimum Gasteiger partial charge on any atom is -0.480 e. The molecule has 33 heteroatoms. The third kappa shape index (κ3) is 30.7. The summed E-state index contributed by atoms with van der Waals surface area (Å²) >= 11 is 3.96. The largest absolute Gasteiger partial charge is 0.480 e. The molecule has 24 N–H and O–H groups in total. The molecular formula is C63H103N19O13S. The number of carbonyl (C=O) groups is 10. The number of aliphatic carboxylic acids is 2. The number of unbranched alkanes of at least 4 members (excludes halogenated alkanes) is 3. The second-order valence-electron chi connectivity index (χ2n) is 24.1. The highest BCUT2D eigenvalue weighted by molar-refractivity contribution is 7.80. The summed E-state index contributed by atoms with van der Waals surface area (Å²) in [6.45, 7) is 6.22. The Morgan fingerprint density at radius 2 is 1.08 bits per heavy atom. The third-order valence-corrected chi connectivity index (χ3v) is 16.0. The predicted octanol–water partition coefficient (Wildman–Crippen LogP) is -2.88. The molecule has 2 fully saturated rings. The molecule has 2 unspecified atom stereocenters. The molecule has 2 aliphatic heterocycles. The van der Waals surface area contributed by atoms with E-state index in [1.54, 1.807) is 60.7 Å². The summed E-state index contributed by atoms with van der Waals surface area (Å²) in [5.74, 6) is -8.20. The summed E-state index contributed by atoms with van der Waals surface area (Å²) in [4.78, 5) is 149. The molecule has 534 valence electrons. The number of nitrogens with one attached hydrogen (secondary N) is 7. The van der Waals surface area contributed by atoms with E-state index in [1.807, 2.05) is 13.8 Å². The maximum Gasteiger partial charge on any atom is 0.326 e. The smallest absolute Gasteiger partial charge is 0.326 e. The Bertz CT molecular complexity index is 2900. The Morgan fingerprint density at radius 1 is 0.594 bits per heavy atom. The van der Waals surface area contributed by atoms with E-state index < -0.39 is 126 Å². The van der Waals surface area contributed by atoms with Gasteiger partial charge in [0.2, 0.25) is 47.3 Å². The second-order valence-corrected chi connectivity index (χ2v) is 24.4. The summed E-state index contributed by atoms with van der Waals surface area (Å²) < 4.78 is 0. The fraction of sp³-hybridized carbons (Fsp3) is 0.603. The number of amides is 8. The number of aliphatic hydroxyl groups is 1. The van der Waals surface area contributed by atoms with Gasteiger partial charge < -0.3 is 102 Å². The lowest BCUT2D eigenvalue weighted by molar-refractivity contribution is -0.148. The van der Waals surface area contributed by atoms with Gasteiger partial charge in [0.15, 0.2) is 17.9 Å². The molecule has 0 saturated carbocycles. The molecule has 0 bridgehead atoms. The number of aliphatic imine (C=N–C) groups is 3. The maximum atomic E-state index is 14.4. The number of nitrogens with two attached hydrogens (primary N) is 7. The fourth-order valence-electron chi connectivity index (χ4n) is 10.7. The molecule has 2 aromatic rings. The van der Waals surface area contributed by atoms with Crippen LogP contribution in [-0.4, -0.2) is 214 Å². The van der Waals surface area contributed by atoms with Gasteiger partial charge in [0, 0.05) is 57.7 Å². The Morgan fingerprint density at radius 3 is 1.59 bits per heavy atom. The summed E-state index contributed by atoms with van der Waals surface area (Å²) in [5, 5.41) is 48.2. The molecule has 0 aliphatic carbocycles. The van der Waals surface area contributed by atoms with Gasteiger partial charge in [-0.3, -0.25) is 58.1 Å². The lowest BCUT2D eigenvalue weighted by Gasteiger charge is -2.33. The van der Waals surface area contributed by atoms with Gasteiger partial charge >= 0.3 is 11.9 Å². The van der Waals surface area contributed by atoms with E-state index in [9.17, 15) is 58.2 Å². The number of guanidine groups is 3. The van der Waals surface area contributed by atoms with Crippen LogP contribution in [0.15, 0.2) is 75.6 Å². The number of rotatable bonds is 41. The van der Waals surface area contributed by atoms with Gasteiger partial charge in [-0.2, -0.15) is 12.6 Å². The monoisotopic (exact) mass is 1370 g/mol. The van der Waals surface area contributed by atoms with Crippen molar-refractivity contribution in [3.05, 3.63) is 71.8 Å². The summed E-state index contributed by atoms with van der Waals surface area (Å²) in [5.41, 5.74) is 39.9. The first-order chi connectivity index (χ1) is 45.6. The summed E-state index contributed by atoms with van der Waals surface area (Å²) in [7, 11) is 0. The number of nitrogens with zero attached hydrogens (tertiary/aromatic N) is 5. The predicted molar refractivity (Wildman–Crippen MR) is 366 cm³/mol. The van der Waals surface area contributed by atoms with Gasteiger partial charge in [0.05, 0.1) is 18.7 Å². The molecule has 32 nitrogen and oxygen atoms in total. The lowest BCUT2D eigenvalue weighted by Crippen LogP contribution is -2.59. The lowest BCUT2D eigenvalue weighted by atomic mass is 9.99. The van der Waals surface area contributed by atoms with Gasteiger partial charge in [0.1, 0.15) is 48.3 Å². The molecule has 8 amide bonds. The van der Waals surface area contributed by atoms with Crippen molar-refractivity contribution in [2.24, 2.45) is 61.0 Å². The topological polar surface area (TPSA) is 541 Å². The van der Waals surface area contributed by atoms with Crippen molar-refractivity contribution >= 4 is 89.7 Å². The average Bonchev–Trinajstić information content (AvgIpc) is 1.62. The van der Waals surface area contributed by atoms with Crippen molar-refractivity contribution in [3.8, 4) is 0 Å². The quantitative estimate of drug-likeness (QED) is 0.0138. The average molecular weight is 1370 g/mol. The summed E-state index contributed by atoms with van der Waals surface area (Å²) in [6, 6.07) is 7.09. The van der Waals surface area contributed by atoms with E-state index in [4.69, 9.17) is 45.2 Å². The zero-order valence-corrected chi connectivity index (χ0v) is 56.1. The molecule has 0 aromatic heterocycles. The number of carbonyl (C=O) groups excluding carboxylic acids is 8. The van der Waals surface area contributed by atoms with Crippen LogP contribution < -0.4 is 77.4 Å². The van der Waals surface area contributed by atoms with Gasteiger partial charge in [-0.15, -0.1) is 0 Å². The number of hydrogen-bond acceptors (Lipinski definition) is 17. The first-order valence-corrected chi connectivity index (χ1v) is 33.2. The molecule has 10 atom stereocenters. The van der Waals surface area contributed by atoms with Crippen LogP contribution >= 0.6 is 12.6 Å². The highest BCUT2D eigenvalue weighted by Gasteiger charge is 2.46. The van der Waals surface area contributed by atoms with Crippen LogP contribution in [-0.2, 0) is 60.8 Å². The highest BCUT2D eigenvalue weighted by atomic mass is 32.1. The number of benzene rings is 2. The molecule has 0 spiro atoms. The normalized spacial score (nSPS) is 17.1. The maximum absolute atomic E-state index is 14.4. The van der Waals surface area contributed by atoms with E-state index in [0.29, 0.717) is 29.7 Å². The minimum atomic E-state index is -1.35. The first kappa shape index (κ1) is 81.4. The van der Waals surface area contributed by atoms with Crippen LogP contribution in [0.4, 0.5) is 0 Å². The fourth-order valence-corrected chi connectivity index (χ4v) is 10.9. The number of β-amino-alcohol motifs (C(OH)–C–C–N with tert-alkyl or cyclic N) is 1. The van der Waals surface area contributed by atoms with Crippen molar-refractivity contribution < 1.29 is 63.3 Å². The van der Waals surface area contributed by atoms with Crippen molar-refractivity contribution in [1.82, 2.24) is 47.0 Å². The van der Waals surface area contributed by atoms with Gasteiger partial charge in [-0.05, 0) is 87.8 Å². The number of aliphatic hydroxyl groups excluding tert-OH is 1. The standard InChI is InChI=1S/C54H84N18O11.C9H19NO2S/c1-31(2)25-38(45(76)68-37(51(82)83)19-11-23-64-54(60)61)69-47(78)40(27-33-15-7-4-8-16-33)70-46(77)39(26-32-13-5-3-6-14-32)66-43(74)29-65-48(79)42-28-34(73)30-72(42)50(81)41-20-12-24-71(41)49(80)36(18-10-22-63-53(58)59)67-44(75)35(55)17-9-21-62-52(56)57;1-2-3-4-5-6-10-8(7-13)9(11)12/h3-8,13-16,31,34-42,73H,9-12,17-30,55H2,1-2H3,(H,65,79)(H,66,74)(H,67,75)(H,68,76)(H,69,78)(H,70,77)(H,82,83)(H4,56,57,62)(H4,58,59,63)(H4,60,61,64);8,10,13H,2-7H2,1H3,(H,11,12)/t34-,35?,36-,37-,38-,39-,40+,41-,42-;/m0./s1. The van der Waals surface area contributed by atoms with Crippen molar-refractivity contribution in [2.45, 2.75) is 184 Å². The zero-order chi connectivity index (χ0) is 71.3. The van der Waals surface area contributed by atoms with Crippen LogP contribution in [0.3, 0.4) is 0 Å². The summed E-state index contributed by atoms with van der Waals surface area (Å²) in [6.07, 6.45) is 4.99. The van der Waals surface area contributed by atoms with E-state index in [2.05, 4.69) is 71.7 Å². The number of carboxylic acid groups (broad SMARTS) is 2. The SMILES string of the molecule is CC(C)C[C@H](NC(=O)[C@@H](Cc1ccccc1)NC(=O)[C@H](Cc1ccccc1)NC(=O)CNC(=O)[C@@H]1C[C@H](O)CN1C(=O)[C@@H]1CCCN1C(=O)[C@H](CCCN=C(N)N)NC(=O)C(N)CCCN=C(N)N)C(=O)N[C@@H](CCCN=C(N)N)C(=O)O.CCCCCCNC(CS)C(=O)O. The third-order valence-electron chi connectivity index (χ3n) is 15.6. The molecular weight excluding hydrogens is 1260 g/mol. The van der Waals surface area contributed by atoms with E-state index >= 15 is 0 Å². The van der Waals surface area contributed by atoms with Crippen molar-refractivity contribution in [3.63, 3.8) is 0 Å². The van der Waals surface area contributed by atoms with Gasteiger partial charge in [-0.1, -0.05) is 101 Å². The zero-order valence-electron chi connectivity index (χ0n) is 55.2. The van der Waals surface area contributed by atoms with Crippen LogP contribution in [0.1, 0.15) is 122 Å². The first-order valence-electron chi connectivity index (χ1n) is 32.5. The van der Waals surface area contributed by atoms with Crippen LogP contribution in [0.25, 0.3) is 0 Å². The molecule has 2 aliphatic rings. The minimum absolute atomic E-state index is 0.0187. The molecule has 4 rings (SSSR count). The van der Waals surface area contributed by atoms with Crippen molar-refractivity contribution in [1.29, 1.82) is 0 Å². The number of thiol groups is 1. The van der Waals surface area contributed by atoms with E-state index in [1.165, 1.54) is 24.2 Å². The number of likely N-dealkylation sites (tertiary alicyclic amines) is 2. The molecule has 96 heavy (non-hydrogen) atoms. The number of carboxylic acids is 2. The molecule has 0 radical (unpaired) electrons. The van der Waals surface area contributed by atoms with Crippen molar-refractivity contribution in [2.75, 3.05) is 51.6 Å². The second kappa shape index (κ2) is 44.0. The highest BCUT2D eigenvalue weighted by Crippen LogP contribution is 2.27. The van der Waals surface area contributed by atoms with E-state index in [-0.39, 0.29) is 121 Å². The Kier molecular flexibility index (Phi) is 37.3. The van der Waals surface area contributed by atoms with Crippen LogP contribution in [0.2, 0.25) is 0 Å². The Balaban J connectivity index is 0.00000166. The van der Waals surface area contributed by atoms with E-state index in [0.717, 1.165) is 17.9 Å². The Hall–Kier alpha value is -8.82. The molecule has 2 heterocycles. The van der Waals surface area contributed by atoms with Gasteiger partial charge in [0.25, 0.3) is 0 Å². The Labute approximate surface area is 566 Å². The molecule has 2 saturated heterocycles. The van der Waals surface area contributed by atoms with Crippen LogP contribution in [0.5, 0.6) is 0 Å². The molecule has 2 aromatic carbocycles. The van der Waals surface area contributed by atoms with Gasteiger partial charge in [-0.25, -0.2) is 4.79 Å². The number of hydrogen-bond donors (Lipinski definition) is 18. The van der Waals surface area contributed by atoms with Crippen LogP contribution in [0, 0.1) is 5.92 Å².